The number of hydrogen-bond donors (Lipinski definition) is 1. The quantitative estimate of drug-likeness (QED) is 0.933. The minimum atomic E-state index is 0.00958. The van der Waals surface area contributed by atoms with Crippen LogP contribution in [-0.4, -0.2) is 16.5 Å². The number of hydrogen-bond acceptors (Lipinski definition) is 3. The SMILES string of the molecule is CCNC(c1cnccn1)c1ccc(Cl)cc1Br. The normalized spacial score (nSPS) is 12.4. The van der Waals surface area contributed by atoms with E-state index in [1.165, 1.54) is 0 Å². The summed E-state index contributed by atoms with van der Waals surface area (Å²) in [6.07, 6.45) is 5.14. The van der Waals surface area contributed by atoms with Crippen LogP contribution in [0.2, 0.25) is 5.02 Å². The third-order valence-corrected chi connectivity index (χ3v) is 3.48. The average Bonchev–Trinajstić information content (AvgIpc) is 2.38. The van der Waals surface area contributed by atoms with Gasteiger partial charge in [-0.05, 0) is 24.2 Å². The van der Waals surface area contributed by atoms with Crippen LogP contribution in [-0.2, 0) is 0 Å². The molecule has 1 unspecified atom stereocenters. The maximum atomic E-state index is 5.97. The van der Waals surface area contributed by atoms with E-state index in [4.69, 9.17) is 11.6 Å². The van der Waals surface area contributed by atoms with Crippen LogP contribution >= 0.6 is 27.5 Å². The Balaban J connectivity index is 2.41. The molecule has 0 bridgehead atoms. The number of benzene rings is 1. The van der Waals surface area contributed by atoms with E-state index in [-0.39, 0.29) is 6.04 Å². The van der Waals surface area contributed by atoms with Crippen LogP contribution < -0.4 is 5.32 Å². The molecule has 1 N–H and O–H groups in total. The molecule has 0 aliphatic heterocycles. The van der Waals surface area contributed by atoms with Gasteiger partial charge in [0.2, 0.25) is 0 Å². The van der Waals surface area contributed by atoms with Crippen LogP contribution in [0.25, 0.3) is 0 Å². The van der Waals surface area contributed by atoms with Gasteiger partial charge in [-0.1, -0.05) is 40.5 Å². The zero-order valence-corrected chi connectivity index (χ0v) is 12.2. The first-order chi connectivity index (χ1) is 8.72. The van der Waals surface area contributed by atoms with Crippen molar-refractivity contribution in [2.24, 2.45) is 0 Å². The first kappa shape index (κ1) is 13.5. The summed E-state index contributed by atoms with van der Waals surface area (Å²) in [4.78, 5) is 8.48. The molecular weight excluding hydrogens is 314 g/mol. The van der Waals surface area contributed by atoms with E-state index >= 15 is 0 Å². The molecule has 3 nitrogen and oxygen atoms in total. The predicted molar refractivity (Wildman–Crippen MR) is 76.7 cm³/mol. The lowest BCUT2D eigenvalue weighted by Gasteiger charge is -2.19. The summed E-state index contributed by atoms with van der Waals surface area (Å²) < 4.78 is 0.964. The number of nitrogens with zero attached hydrogens (tertiary/aromatic N) is 2. The molecule has 0 saturated carbocycles. The average molecular weight is 327 g/mol. The molecule has 5 heteroatoms. The smallest absolute Gasteiger partial charge is 0.0801 e. The minimum absolute atomic E-state index is 0.00958. The van der Waals surface area contributed by atoms with Gasteiger partial charge in [0.05, 0.1) is 17.9 Å². The highest BCUT2D eigenvalue weighted by Gasteiger charge is 2.17. The minimum Gasteiger partial charge on any atom is -0.305 e. The van der Waals surface area contributed by atoms with Crippen LogP contribution in [0.5, 0.6) is 0 Å². The zero-order chi connectivity index (χ0) is 13.0. The van der Waals surface area contributed by atoms with Crippen LogP contribution in [0.4, 0.5) is 0 Å². The van der Waals surface area contributed by atoms with Gasteiger partial charge >= 0.3 is 0 Å². The lowest BCUT2D eigenvalue weighted by Crippen LogP contribution is -2.23. The standard InChI is InChI=1S/C13H13BrClN3/c1-2-17-13(12-8-16-5-6-18-12)10-4-3-9(15)7-11(10)14/h3-8,13,17H,2H2,1H3. The Morgan fingerprint density at radius 1 is 1.39 bits per heavy atom. The Bertz CT molecular complexity index is 519. The molecule has 0 radical (unpaired) electrons. The summed E-state index contributed by atoms with van der Waals surface area (Å²) in [6.45, 7) is 2.91. The Labute approximate surface area is 120 Å². The van der Waals surface area contributed by atoms with Crippen LogP contribution in [0, 0.1) is 0 Å². The third-order valence-electron chi connectivity index (χ3n) is 2.56. The van der Waals surface area contributed by atoms with Crippen molar-refractivity contribution in [1.29, 1.82) is 0 Å². The fourth-order valence-corrected chi connectivity index (χ4v) is 2.68. The van der Waals surface area contributed by atoms with Crippen LogP contribution in [0.3, 0.4) is 0 Å². The third kappa shape index (κ3) is 3.07. The maximum absolute atomic E-state index is 5.97. The molecule has 0 aliphatic rings. The number of halogens is 2. The first-order valence-electron chi connectivity index (χ1n) is 5.66. The summed E-state index contributed by atoms with van der Waals surface area (Å²) in [5.41, 5.74) is 1.99. The molecule has 1 heterocycles. The molecule has 0 fully saturated rings. The lowest BCUT2D eigenvalue weighted by atomic mass is 10.0. The molecule has 0 saturated heterocycles. The molecule has 1 aromatic heterocycles. The molecule has 0 aliphatic carbocycles. The molecule has 0 amide bonds. The van der Waals surface area contributed by atoms with Crippen molar-refractivity contribution >= 4 is 27.5 Å². The molecule has 2 rings (SSSR count). The molecular formula is C13H13BrClN3. The van der Waals surface area contributed by atoms with Crippen LogP contribution in [0.1, 0.15) is 24.2 Å². The highest BCUT2D eigenvalue weighted by molar-refractivity contribution is 9.10. The van der Waals surface area contributed by atoms with E-state index in [0.717, 1.165) is 22.3 Å². The zero-order valence-electron chi connectivity index (χ0n) is 9.90. The van der Waals surface area contributed by atoms with E-state index in [0.29, 0.717) is 5.02 Å². The highest BCUT2D eigenvalue weighted by Crippen LogP contribution is 2.29. The predicted octanol–water partition coefficient (Wildman–Crippen LogP) is 3.59. The van der Waals surface area contributed by atoms with Crippen molar-refractivity contribution in [3.8, 4) is 0 Å². The van der Waals surface area contributed by atoms with Crippen molar-refractivity contribution in [1.82, 2.24) is 15.3 Å². The summed E-state index contributed by atoms with van der Waals surface area (Å²) in [5, 5.41) is 4.11. The van der Waals surface area contributed by atoms with Gasteiger partial charge in [0, 0.05) is 21.9 Å². The Morgan fingerprint density at radius 3 is 2.83 bits per heavy atom. The fourth-order valence-electron chi connectivity index (χ4n) is 1.77. The van der Waals surface area contributed by atoms with Gasteiger partial charge in [-0.15, -0.1) is 0 Å². The number of aromatic nitrogens is 2. The molecule has 18 heavy (non-hydrogen) atoms. The monoisotopic (exact) mass is 325 g/mol. The second-order valence-corrected chi connectivity index (χ2v) is 5.08. The first-order valence-corrected chi connectivity index (χ1v) is 6.83. The molecule has 1 aromatic carbocycles. The fraction of sp³-hybridized carbons (Fsp3) is 0.231. The van der Waals surface area contributed by atoms with E-state index in [2.05, 4.69) is 38.1 Å². The van der Waals surface area contributed by atoms with Gasteiger partial charge < -0.3 is 5.32 Å². The van der Waals surface area contributed by atoms with Crippen molar-refractivity contribution in [2.45, 2.75) is 13.0 Å². The largest absolute Gasteiger partial charge is 0.305 e. The number of nitrogens with one attached hydrogen (secondary N) is 1. The number of rotatable bonds is 4. The van der Waals surface area contributed by atoms with E-state index in [1.807, 2.05) is 18.2 Å². The molecule has 94 valence electrons. The van der Waals surface area contributed by atoms with Gasteiger partial charge in [-0.3, -0.25) is 9.97 Å². The van der Waals surface area contributed by atoms with Gasteiger partial charge in [0.25, 0.3) is 0 Å². The van der Waals surface area contributed by atoms with Crippen molar-refractivity contribution in [2.75, 3.05) is 6.54 Å². The Kier molecular flexibility index (Phi) is 4.69. The Hall–Kier alpha value is -0.970. The van der Waals surface area contributed by atoms with Crippen LogP contribution in [0.15, 0.2) is 41.3 Å². The molecule has 2 aromatic rings. The van der Waals surface area contributed by atoms with Gasteiger partial charge in [-0.2, -0.15) is 0 Å². The van der Waals surface area contributed by atoms with Crippen molar-refractivity contribution < 1.29 is 0 Å². The van der Waals surface area contributed by atoms with Crippen molar-refractivity contribution in [3.05, 3.63) is 57.5 Å². The summed E-state index contributed by atoms with van der Waals surface area (Å²) in [6, 6.07) is 5.77. The van der Waals surface area contributed by atoms with Gasteiger partial charge in [0.15, 0.2) is 0 Å². The van der Waals surface area contributed by atoms with Gasteiger partial charge in [0.1, 0.15) is 0 Å². The van der Waals surface area contributed by atoms with Gasteiger partial charge in [-0.25, -0.2) is 0 Å². The summed E-state index contributed by atoms with van der Waals surface area (Å²) >= 11 is 9.51. The summed E-state index contributed by atoms with van der Waals surface area (Å²) in [5.74, 6) is 0. The second-order valence-electron chi connectivity index (χ2n) is 3.79. The van der Waals surface area contributed by atoms with E-state index in [9.17, 15) is 0 Å². The van der Waals surface area contributed by atoms with E-state index in [1.54, 1.807) is 18.6 Å². The topological polar surface area (TPSA) is 37.8 Å². The second kappa shape index (κ2) is 6.27. The Morgan fingerprint density at radius 2 is 2.22 bits per heavy atom. The lowest BCUT2D eigenvalue weighted by molar-refractivity contribution is 0.611. The summed E-state index contributed by atoms with van der Waals surface area (Å²) in [7, 11) is 0. The molecule has 1 atom stereocenters. The van der Waals surface area contributed by atoms with E-state index < -0.39 is 0 Å². The molecule has 0 spiro atoms. The maximum Gasteiger partial charge on any atom is 0.0801 e. The van der Waals surface area contributed by atoms with Crippen molar-refractivity contribution in [3.63, 3.8) is 0 Å². The highest BCUT2D eigenvalue weighted by atomic mass is 79.9.